The maximum Gasteiger partial charge on any atom is 0.119 e. The molecule has 0 radical (unpaired) electrons. The van der Waals surface area contributed by atoms with Gasteiger partial charge in [-0.05, 0) is 44.1 Å². The topological polar surface area (TPSA) is 48.5 Å². The van der Waals surface area contributed by atoms with Gasteiger partial charge in [-0.15, -0.1) is 0 Å². The number of aromatic nitrogens is 1. The molecule has 2 N–H and O–H groups in total. The SMILES string of the molecule is COc1ccc2[nH]cc(C(O)CN3CCCCC3)c2c1. The summed E-state index contributed by atoms with van der Waals surface area (Å²) in [6, 6.07) is 5.91. The van der Waals surface area contributed by atoms with Gasteiger partial charge in [0.05, 0.1) is 13.2 Å². The molecule has 3 rings (SSSR count). The predicted octanol–water partition coefficient (Wildman–Crippen LogP) is 2.70. The minimum atomic E-state index is -0.450. The highest BCUT2D eigenvalue weighted by atomic mass is 16.5. The molecule has 0 spiro atoms. The van der Waals surface area contributed by atoms with Crippen molar-refractivity contribution in [3.63, 3.8) is 0 Å². The summed E-state index contributed by atoms with van der Waals surface area (Å²) in [5.74, 6) is 0.823. The number of fused-ring (bicyclic) bond motifs is 1. The maximum absolute atomic E-state index is 10.5. The molecule has 1 fully saturated rings. The Labute approximate surface area is 119 Å². The molecular weight excluding hydrogens is 252 g/mol. The number of likely N-dealkylation sites (tertiary alicyclic amines) is 1. The fraction of sp³-hybridized carbons (Fsp3) is 0.500. The van der Waals surface area contributed by atoms with Gasteiger partial charge in [0.2, 0.25) is 0 Å². The third kappa shape index (κ3) is 2.67. The highest BCUT2D eigenvalue weighted by Gasteiger charge is 2.18. The maximum atomic E-state index is 10.5. The third-order valence-corrected chi connectivity index (χ3v) is 4.16. The highest BCUT2D eigenvalue weighted by molar-refractivity contribution is 5.85. The Bertz CT molecular complexity index is 573. The van der Waals surface area contributed by atoms with Crippen LogP contribution in [-0.2, 0) is 0 Å². The zero-order valence-electron chi connectivity index (χ0n) is 11.9. The first-order chi connectivity index (χ1) is 9.78. The Balaban J connectivity index is 1.81. The summed E-state index contributed by atoms with van der Waals surface area (Å²) in [6.45, 7) is 2.91. The van der Waals surface area contributed by atoms with Gasteiger partial charge in [0.1, 0.15) is 5.75 Å². The second-order valence-corrected chi connectivity index (χ2v) is 5.53. The number of hydrogen-bond donors (Lipinski definition) is 2. The smallest absolute Gasteiger partial charge is 0.119 e. The third-order valence-electron chi connectivity index (χ3n) is 4.16. The summed E-state index contributed by atoms with van der Waals surface area (Å²) in [5.41, 5.74) is 2.00. The molecule has 1 aromatic heterocycles. The number of β-amino-alcohol motifs (C(OH)–C–C–N with tert-alkyl or cyclic N) is 1. The molecule has 108 valence electrons. The average molecular weight is 274 g/mol. The molecule has 1 aromatic carbocycles. The fourth-order valence-electron chi connectivity index (χ4n) is 3.01. The van der Waals surface area contributed by atoms with E-state index in [1.807, 2.05) is 24.4 Å². The van der Waals surface area contributed by atoms with Crippen LogP contribution in [0.25, 0.3) is 10.9 Å². The molecule has 1 aliphatic rings. The first-order valence-corrected chi connectivity index (χ1v) is 7.33. The van der Waals surface area contributed by atoms with E-state index in [9.17, 15) is 5.11 Å². The van der Waals surface area contributed by atoms with E-state index in [-0.39, 0.29) is 0 Å². The number of rotatable bonds is 4. The summed E-state index contributed by atoms with van der Waals surface area (Å²) in [5, 5.41) is 11.6. The number of aromatic amines is 1. The summed E-state index contributed by atoms with van der Waals surface area (Å²) in [6.07, 6.45) is 5.27. The van der Waals surface area contributed by atoms with Gasteiger partial charge in [-0.1, -0.05) is 6.42 Å². The van der Waals surface area contributed by atoms with Crippen molar-refractivity contribution >= 4 is 10.9 Å². The minimum absolute atomic E-state index is 0.450. The van der Waals surface area contributed by atoms with E-state index in [2.05, 4.69) is 9.88 Å². The second kappa shape index (κ2) is 5.85. The van der Waals surface area contributed by atoms with Crippen LogP contribution < -0.4 is 4.74 Å². The van der Waals surface area contributed by atoms with Crippen LogP contribution in [0.1, 0.15) is 30.9 Å². The van der Waals surface area contributed by atoms with Crippen LogP contribution in [0.15, 0.2) is 24.4 Å². The number of aliphatic hydroxyl groups is 1. The number of ether oxygens (including phenoxy) is 1. The first kappa shape index (κ1) is 13.5. The number of hydrogen-bond acceptors (Lipinski definition) is 3. The Morgan fingerprint density at radius 3 is 2.85 bits per heavy atom. The van der Waals surface area contributed by atoms with Gasteiger partial charge in [-0.2, -0.15) is 0 Å². The van der Waals surface area contributed by atoms with Crippen LogP contribution in [0.3, 0.4) is 0 Å². The van der Waals surface area contributed by atoms with Crippen LogP contribution >= 0.6 is 0 Å². The predicted molar refractivity (Wildman–Crippen MR) is 80.1 cm³/mol. The van der Waals surface area contributed by atoms with Gasteiger partial charge in [-0.3, -0.25) is 0 Å². The lowest BCUT2D eigenvalue weighted by Gasteiger charge is -2.28. The van der Waals surface area contributed by atoms with Crippen molar-refractivity contribution in [2.24, 2.45) is 0 Å². The fourth-order valence-corrected chi connectivity index (χ4v) is 3.01. The van der Waals surface area contributed by atoms with Gasteiger partial charge in [0.15, 0.2) is 0 Å². The van der Waals surface area contributed by atoms with Crippen LogP contribution in [-0.4, -0.2) is 41.7 Å². The van der Waals surface area contributed by atoms with E-state index < -0.39 is 6.10 Å². The molecule has 2 aromatic rings. The van der Waals surface area contributed by atoms with Crippen molar-refractivity contribution in [3.8, 4) is 5.75 Å². The molecule has 1 unspecified atom stereocenters. The Morgan fingerprint density at radius 1 is 1.30 bits per heavy atom. The molecule has 4 nitrogen and oxygen atoms in total. The largest absolute Gasteiger partial charge is 0.497 e. The Hall–Kier alpha value is -1.52. The number of benzene rings is 1. The zero-order valence-corrected chi connectivity index (χ0v) is 11.9. The van der Waals surface area contributed by atoms with Crippen molar-refractivity contribution in [2.45, 2.75) is 25.4 Å². The molecule has 4 heteroatoms. The van der Waals surface area contributed by atoms with E-state index >= 15 is 0 Å². The molecule has 1 saturated heterocycles. The Morgan fingerprint density at radius 2 is 2.10 bits per heavy atom. The molecule has 0 amide bonds. The van der Waals surface area contributed by atoms with E-state index in [4.69, 9.17) is 4.74 Å². The normalized spacial score (nSPS) is 18.3. The lowest BCUT2D eigenvalue weighted by molar-refractivity contribution is 0.102. The summed E-state index contributed by atoms with van der Waals surface area (Å²) >= 11 is 0. The van der Waals surface area contributed by atoms with E-state index in [0.717, 1.165) is 35.3 Å². The quantitative estimate of drug-likeness (QED) is 0.901. The lowest BCUT2D eigenvalue weighted by Crippen LogP contribution is -2.33. The molecular formula is C16H22N2O2. The molecule has 20 heavy (non-hydrogen) atoms. The average Bonchev–Trinajstić information content (AvgIpc) is 2.91. The number of piperidine rings is 1. The van der Waals surface area contributed by atoms with Crippen molar-refractivity contribution in [1.29, 1.82) is 0 Å². The van der Waals surface area contributed by atoms with E-state index in [1.54, 1.807) is 7.11 Å². The van der Waals surface area contributed by atoms with Gasteiger partial charge in [-0.25, -0.2) is 0 Å². The van der Waals surface area contributed by atoms with E-state index in [0.29, 0.717) is 6.54 Å². The van der Waals surface area contributed by atoms with Gasteiger partial charge >= 0.3 is 0 Å². The summed E-state index contributed by atoms with van der Waals surface area (Å²) in [4.78, 5) is 5.58. The second-order valence-electron chi connectivity index (χ2n) is 5.53. The minimum Gasteiger partial charge on any atom is -0.497 e. The number of nitrogens with one attached hydrogen (secondary N) is 1. The standard InChI is InChI=1S/C16H22N2O2/c1-20-12-5-6-15-13(9-12)14(10-17-15)16(19)11-18-7-3-2-4-8-18/h5-6,9-10,16-17,19H,2-4,7-8,11H2,1H3. The van der Waals surface area contributed by atoms with E-state index in [1.165, 1.54) is 19.3 Å². The van der Waals surface area contributed by atoms with Crippen molar-refractivity contribution in [1.82, 2.24) is 9.88 Å². The molecule has 2 heterocycles. The number of aliphatic hydroxyl groups excluding tert-OH is 1. The van der Waals surface area contributed by atoms with Crippen LogP contribution in [0.4, 0.5) is 0 Å². The van der Waals surface area contributed by atoms with Crippen LogP contribution in [0, 0.1) is 0 Å². The number of nitrogens with zero attached hydrogens (tertiary/aromatic N) is 1. The lowest BCUT2D eigenvalue weighted by atomic mass is 10.1. The van der Waals surface area contributed by atoms with Gasteiger partial charge in [0.25, 0.3) is 0 Å². The zero-order chi connectivity index (χ0) is 13.9. The molecule has 0 aliphatic carbocycles. The van der Waals surface area contributed by atoms with Crippen molar-refractivity contribution < 1.29 is 9.84 Å². The molecule has 1 atom stereocenters. The molecule has 0 saturated carbocycles. The van der Waals surface area contributed by atoms with Gasteiger partial charge < -0.3 is 19.7 Å². The van der Waals surface area contributed by atoms with Crippen molar-refractivity contribution in [3.05, 3.63) is 30.0 Å². The number of methoxy groups -OCH3 is 1. The monoisotopic (exact) mass is 274 g/mol. The summed E-state index contributed by atoms with van der Waals surface area (Å²) < 4.78 is 5.27. The van der Waals surface area contributed by atoms with Crippen molar-refractivity contribution in [2.75, 3.05) is 26.7 Å². The molecule has 1 aliphatic heterocycles. The Kier molecular flexibility index (Phi) is 3.94. The first-order valence-electron chi connectivity index (χ1n) is 7.33. The summed E-state index contributed by atoms with van der Waals surface area (Å²) in [7, 11) is 1.66. The van der Waals surface area contributed by atoms with Gasteiger partial charge in [0, 0.05) is 29.2 Å². The van der Waals surface area contributed by atoms with Crippen LogP contribution in [0.5, 0.6) is 5.75 Å². The molecule has 0 bridgehead atoms. The number of H-pyrrole nitrogens is 1. The van der Waals surface area contributed by atoms with Crippen LogP contribution in [0.2, 0.25) is 0 Å². The highest BCUT2D eigenvalue weighted by Crippen LogP contribution is 2.28.